The molecule has 0 saturated carbocycles. The van der Waals surface area contributed by atoms with Gasteiger partial charge < -0.3 is 15.0 Å². The summed E-state index contributed by atoms with van der Waals surface area (Å²) in [7, 11) is 0. The molecule has 1 saturated heterocycles. The van der Waals surface area contributed by atoms with Crippen LogP contribution in [0, 0.1) is 5.41 Å². The molecule has 0 aliphatic carbocycles. The van der Waals surface area contributed by atoms with Crippen LogP contribution < -0.4 is 5.32 Å². The number of rotatable bonds is 2. The predicted octanol–water partition coefficient (Wildman–Crippen LogP) is 2.77. The third-order valence-electron chi connectivity index (χ3n) is 3.30. The topological polar surface area (TPSA) is 58.6 Å². The zero-order valence-electron chi connectivity index (χ0n) is 13.7. The lowest BCUT2D eigenvalue weighted by atomic mass is 9.86. The van der Waals surface area contributed by atoms with Crippen molar-refractivity contribution in [3.63, 3.8) is 0 Å². The molecule has 1 N–H and O–H groups in total. The Hall–Kier alpha value is -0.970. The van der Waals surface area contributed by atoms with Crippen LogP contribution in [0.15, 0.2) is 0 Å². The van der Waals surface area contributed by atoms with Gasteiger partial charge in [-0.3, -0.25) is 4.79 Å². The molecule has 1 heterocycles. The van der Waals surface area contributed by atoms with Gasteiger partial charge in [0.2, 0.25) is 5.91 Å². The number of hydrogen-bond donors (Lipinski definition) is 1. The van der Waals surface area contributed by atoms with Crippen LogP contribution in [0.2, 0.25) is 0 Å². The Balaban J connectivity index is 2.71. The Morgan fingerprint density at radius 1 is 1.38 bits per heavy atom. The van der Waals surface area contributed by atoms with E-state index in [4.69, 9.17) is 16.3 Å². The van der Waals surface area contributed by atoms with Crippen molar-refractivity contribution in [2.75, 3.05) is 19.0 Å². The first-order valence-electron chi connectivity index (χ1n) is 7.36. The molecular formula is C15H27ClN2O3. The van der Waals surface area contributed by atoms with Crippen LogP contribution in [-0.4, -0.2) is 47.5 Å². The number of hydrogen-bond acceptors (Lipinski definition) is 3. The molecule has 2 amide bonds. The van der Waals surface area contributed by atoms with Gasteiger partial charge in [0.25, 0.3) is 0 Å². The molecule has 1 unspecified atom stereocenters. The van der Waals surface area contributed by atoms with Crippen molar-refractivity contribution >= 4 is 23.6 Å². The van der Waals surface area contributed by atoms with Gasteiger partial charge in [-0.2, -0.15) is 0 Å². The van der Waals surface area contributed by atoms with E-state index in [2.05, 4.69) is 19.2 Å². The Morgan fingerprint density at radius 2 is 2.00 bits per heavy atom. The lowest BCUT2D eigenvalue weighted by Crippen LogP contribution is -2.41. The largest absolute Gasteiger partial charge is 0.444 e. The smallest absolute Gasteiger partial charge is 0.410 e. The van der Waals surface area contributed by atoms with E-state index in [-0.39, 0.29) is 29.3 Å². The van der Waals surface area contributed by atoms with Gasteiger partial charge in [-0.25, -0.2) is 4.79 Å². The van der Waals surface area contributed by atoms with Crippen LogP contribution >= 0.6 is 11.6 Å². The van der Waals surface area contributed by atoms with Gasteiger partial charge in [-0.1, -0.05) is 13.8 Å². The summed E-state index contributed by atoms with van der Waals surface area (Å²) in [6.45, 7) is 11.0. The number of ether oxygens (including phenoxy) is 1. The van der Waals surface area contributed by atoms with Crippen molar-refractivity contribution in [3.05, 3.63) is 0 Å². The zero-order chi connectivity index (χ0) is 16.3. The number of carbonyl (C=O) groups is 2. The van der Waals surface area contributed by atoms with Crippen LogP contribution in [0.4, 0.5) is 4.79 Å². The molecule has 0 radical (unpaired) electrons. The summed E-state index contributed by atoms with van der Waals surface area (Å²) in [4.78, 5) is 25.4. The number of amides is 2. The summed E-state index contributed by atoms with van der Waals surface area (Å²) in [6.07, 6.45) is 1.24. The Kier molecular flexibility index (Phi) is 5.91. The van der Waals surface area contributed by atoms with E-state index in [0.717, 1.165) is 6.42 Å². The number of carbonyl (C=O) groups excluding carboxylic acids is 2. The van der Waals surface area contributed by atoms with Gasteiger partial charge in [0, 0.05) is 19.1 Å². The molecule has 1 aliphatic heterocycles. The van der Waals surface area contributed by atoms with Crippen molar-refractivity contribution in [2.24, 2.45) is 5.41 Å². The first kappa shape index (κ1) is 18.1. The third kappa shape index (κ3) is 6.55. The fourth-order valence-corrected chi connectivity index (χ4v) is 2.69. The monoisotopic (exact) mass is 318 g/mol. The van der Waals surface area contributed by atoms with Crippen molar-refractivity contribution in [2.45, 2.75) is 59.1 Å². The summed E-state index contributed by atoms with van der Waals surface area (Å²) in [5.74, 6) is -0.199. The number of likely N-dealkylation sites (tertiary alicyclic amines) is 1. The lowest BCUT2D eigenvalue weighted by molar-refractivity contribution is -0.119. The van der Waals surface area contributed by atoms with Gasteiger partial charge in [-0.05, 0) is 39.0 Å². The van der Waals surface area contributed by atoms with Gasteiger partial charge in [0.15, 0.2) is 0 Å². The van der Waals surface area contributed by atoms with E-state index in [1.54, 1.807) is 4.90 Å². The number of halogens is 1. The molecule has 0 aromatic carbocycles. The molecule has 1 rings (SSSR count). The number of alkyl halides is 1. The van der Waals surface area contributed by atoms with Crippen molar-refractivity contribution in [1.82, 2.24) is 10.2 Å². The Bertz CT molecular complexity index is 391. The summed E-state index contributed by atoms with van der Waals surface area (Å²) in [5.41, 5.74) is -0.586. The van der Waals surface area contributed by atoms with Gasteiger partial charge in [0.05, 0.1) is 0 Å². The molecule has 6 heteroatoms. The van der Waals surface area contributed by atoms with Crippen molar-refractivity contribution in [3.8, 4) is 0 Å². The fraction of sp³-hybridized carbons (Fsp3) is 0.867. The minimum Gasteiger partial charge on any atom is -0.444 e. The molecule has 0 bridgehead atoms. The van der Waals surface area contributed by atoms with Crippen LogP contribution in [0.1, 0.15) is 47.5 Å². The summed E-state index contributed by atoms with van der Waals surface area (Å²) < 4.78 is 5.44. The molecule has 0 spiro atoms. The molecule has 1 aliphatic rings. The second kappa shape index (κ2) is 6.86. The second-order valence-electron chi connectivity index (χ2n) is 7.46. The minimum absolute atomic E-state index is 0.0350. The summed E-state index contributed by atoms with van der Waals surface area (Å²) in [6, 6.07) is 0.0405. The molecule has 0 aromatic rings. The predicted molar refractivity (Wildman–Crippen MR) is 83.5 cm³/mol. The highest BCUT2D eigenvalue weighted by atomic mass is 35.5. The summed E-state index contributed by atoms with van der Waals surface area (Å²) >= 11 is 5.54. The van der Waals surface area contributed by atoms with Gasteiger partial charge >= 0.3 is 6.09 Å². The molecule has 0 aromatic heterocycles. The second-order valence-corrected chi connectivity index (χ2v) is 7.72. The highest BCUT2D eigenvalue weighted by Crippen LogP contribution is 2.29. The molecule has 5 nitrogen and oxygen atoms in total. The fourth-order valence-electron chi connectivity index (χ4n) is 2.61. The Morgan fingerprint density at radius 3 is 2.52 bits per heavy atom. The molecule has 1 atom stereocenters. The zero-order valence-corrected chi connectivity index (χ0v) is 14.4. The summed E-state index contributed by atoms with van der Waals surface area (Å²) in [5, 5.41) is 2.92. The van der Waals surface area contributed by atoms with E-state index in [1.165, 1.54) is 0 Å². The van der Waals surface area contributed by atoms with E-state index in [1.807, 2.05) is 20.8 Å². The highest BCUT2D eigenvalue weighted by molar-refractivity contribution is 6.27. The maximum Gasteiger partial charge on any atom is 0.410 e. The first-order chi connectivity index (χ1) is 9.52. The average Bonchev–Trinajstić information content (AvgIpc) is 2.45. The van der Waals surface area contributed by atoms with E-state index < -0.39 is 5.60 Å². The third-order valence-corrected chi connectivity index (χ3v) is 3.55. The average molecular weight is 319 g/mol. The quantitative estimate of drug-likeness (QED) is 0.796. The van der Waals surface area contributed by atoms with Crippen LogP contribution in [-0.2, 0) is 9.53 Å². The molecule has 122 valence electrons. The SMILES string of the molecule is CC1(C)CC(NC(=O)CCl)CCN(C(=O)OC(C)(C)C)C1. The van der Waals surface area contributed by atoms with Crippen LogP contribution in [0.5, 0.6) is 0 Å². The standard InChI is InChI=1S/C15H27ClN2O3/c1-14(2,3)21-13(20)18-7-6-11(17-12(19)9-16)8-15(4,5)10-18/h11H,6-10H2,1-5H3,(H,17,19). The van der Waals surface area contributed by atoms with Crippen molar-refractivity contribution in [1.29, 1.82) is 0 Å². The molecule has 21 heavy (non-hydrogen) atoms. The normalized spacial score (nSPS) is 22.4. The van der Waals surface area contributed by atoms with E-state index in [0.29, 0.717) is 19.5 Å². The number of nitrogens with zero attached hydrogens (tertiary/aromatic N) is 1. The molecule has 1 fully saturated rings. The highest BCUT2D eigenvalue weighted by Gasteiger charge is 2.34. The Labute approximate surface area is 132 Å². The molecular weight excluding hydrogens is 292 g/mol. The minimum atomic E-state index is -0.500. The van der Waals surface area contributed by atoms with Gasteiger partial charge in [0.1, 0.15) is 11.5 Å². The van der Waals surface area contributed by atoms with E-state index in [9.17, 15) is 9.59 Å². The van der Waals surface area contributed by atoms with Crippen LogP contribution in [0.25, 0.3) is 0 Å². The first-order valence-corrected chi connectivity index (χ1v) is 7.89. The van der Waals surface area contributed by atoms with E-state index >= 15 is 0 Å². The maximum absolute atomic E-state index is 12.2. The maximum atomic E-state index is 12.2. The van der Waals surface area contributed by atoms with Crippen LogP contribution in [0.3, 0.4) is 0 Å². The number of nitrogens with one attached hydrogen (secondary N) is 1. The lowest BCUT2D eigenvalue weighted by Gasteiger charge is -2.31. The van der Waals surface area contributed by atoms with Crippen molar-refractivity contribution < 1.29 is 14.3 Å². The van der Waals surface area contributed by atoms with Gasteiger partial charge in [-0.15, -0.1) is 11.6 Å².